The normalized spacial score (nSPS) is 14.0. The van der Waals surface area contributed by atoms with Crippen molar-refractivity contribution in [2.45, 2.75) is 193 Å². The molecule has 0 fully saturated rings. The standard InChI is InChI=1S/C68H105NO8/c1-6-8-10-12-14-16-18-20-22-24-26-28-29-30-31-32-33-34-35-36-37-39-41-43-45-47-49-51-53-55-57-59-66(71)77-64(63-76-68(67(72)73)74-61-60-69(3,4)5)62-75-65(70)58-56-54-52-50-48-46-44-42-40-38-27-25-23-21-19-17-15-13-11-9-7-2/h8-11,14-17,20-23,26-28,30-31,33-34,36-38,41-44,47,49,64,68H,6-7,12-13,18-19,24-25,29,32,35,39-40,45-46,48,50-63H2,1-5H3/b10-8-,11-9-,16-14-,17-15-,22-20-,23-21-,28-26-,31-30-,34-33-,37-36-,38-27-,43-41-,44-42-,49-47-. The molecule has 0 rings (SSSR count). The third-order valence-electron chi connectivity index (χ3n) is 11.5. The molecule has 0 aliphatic carbocycles. The lowest BCUT2D eigenvalue weighted by molar-refractivity contribution is -0.870. The Morgan fingerprint density at radius 2 is 0.701 bits per heavy atom. The molecule has 9 nitrogen and oxygen atoms in total. The minimum Gasteiger partial charge on any atom is -0.545 e. The number of unbranched alkanes of at least 4 members (excludes halogenated alkanes) is 8. The number of aliphatic carboxylic acids is 1. The van der Waals surface area contributed by atoms with Gasteiger partial charge in [0, 0.05) is 12.8 Å². The van der Waals surface area contributed by atoms with Crippen molar-refractivity contribution in [3.8, 4) is 0 Å². The highest BCUT2D eigenvalue weighted by Gasteiger charge is 2.22. The predicted molar refractivity (Wildman–Crippen MR) is 324 cm³/mol. The Morgan fingerprint density at radius 3 is 1.05 bits per heavy atom. The van der Waals surface area contributed by atoms with Crippen LogP contribution < -0.4 is 5.11 Å². The molecule has 0 heterocycles. The van der Waals surface area contributed by atoms with Gasteiger partial charge in [-0.25, -0.2) is 0 Å². The third-order valence-corrected chi connectivity index (χ3v) is 11.5. The van der Waals surface area contributed by atoms with E-state index in [4.69, 9.17) is 18.9 Å². The number of rotatable bonds is 51. The van der Waals surface area contributed by atoms with Gasteiger partial charge >= 0.3 is 11.9 Å². The maximum Gasteiger partial charge on any atom is 0.306 e. The molecule has 0 aromatic heterocycles. The maximum atomic E-state index is 12.9. The van der Waals surface area contributed by atoms with Gasteiger partial charge in [-0.1, -0.05) is 210 Å². The summed E-state index contributed by atoms with van der Waals surface area (Å²) in [7, 11) is 5.88. The molecule has 77 heavy (non-hydrogen) atoms. The number of likely N-dealkylation sites (N-methyl/N-ethyl adjacent to an activating group) is 1. The second-order valence-electron chi connectivity index (χ2n) is 19.8. The first-order valence-electron chi connectivity index (χ1n) is 29.3. The summed E-state index contributed by atoms with van der Waals surface area (Å²) >= 11 is 0. The SMILES string of the molecule is CC/C=C\C/C=C\C/C=C\C/C=C\C/C=C\C/C=C\C/C=C\C/C=C\C/C=C\CCCCCC(=O)OC(COC(=O)CCCCCCC/C=C\C/C=C\C/C=C\C/C=C\C/C=C\CC)COC(OCC[N+](C)(C)C)C(=O)[O-]. The van der Waals surface area contributed by atoms with Crippen LogP contribution in [0.5, 0.6) is 0 Å². The lowest BCUT2D eigenvalue weighted by atomic mass is 10.1. The van der Waals surface area contributed by atoms with Crippen molar-refractivity contribution < 1.29 is 42.9 Å². The fourth-order valence-electron chi connectivity index (χ4n) is 7.02. The van der Waals surface area contributed by atoms with Gasteiger partial charge < -0.3 is 33.3 Å². The van der Waals surface area contributed by atoms with Crippen LogP contribution in [0.2, 0.25) is 0 Å². The number of carboxylic acids is 1. The highest BCUT2D eigenvalue weighted by atomic mass is 16.7. The highest BCUT2D eigenvalue weighted by Crippen LogP contribution is 2.12. The Labute approximate surface area is 469 Å². The van der Waals surface area contributed by atoms with E-state index in [-0.39, 0.29) is 32.7 Å². The molecule has 2 atom stereocenters. The first-order valence-corrected chi connectivity index (χ1v) is 29.3. The molecule has 2 unspecified atom stereocenters. The van der Waals surface area contributed by atoms with E-state index in [1.807, 2.05) is 21.1 Å². The minimum absolute atomic E-state index is 0.126. The molecule has 0 aliphatic heterocycles. The van der Waals surface area contributed by atoms with Crippen LogP contribution in [-0.4, -0.2) is 82.3 Å². The first-order chi connectivity index (χ1) is 37.6. The molecule has 0 bridgehead atoms. The van der Waals surface area contributed by atoms with E-state index < -0.39 is 30.3 Å². The van der Waals surface area contributed by atoms with Crippen molar-refractivity contribution in [3.63, 3.8) is 0 Å². The van der Waals surface area contributed by atoms with Crippen molar-refractivity contribution in [1.29, 1.82) is 0 Å². The van der Waals surface area contributed by atoms with E-state index in [0.717, 1.165) is 141 Å². The summed E-state index contributed by atoms with van der Waals surface area (Å²) in [4.78, 5) is 37.3. The number of nitrogens with zero attached hydrogens (tertiary/aromatic N) is 1. The summed E-state index contributed by atoms with van der Waals surface area (Å²) in [6.45, 7) is 4.42. The number of quaternary nitrogens is 1. The van der Waals surface area contributed by atoms with E-state index in [0.29, 0.717) is 23.9 Å². The van der Waals surface area contributed by atoms with Crippen molar-refractivity contribution in [2.24, 2.45) is 0 Å². The Morgan fingerprint density at radius 1 is 0.390 bits per heavy atom. The van der Waals surface area contributed by atoms with Gasteiger partial charge in [-0.3, -0.25) is 9.59 Å². The van der Waals surface area contributed by atoms with E-state index >= 15 is 0 Å². The predicted octanol–water partition coefficient (Wildman–Crippen LogP) is 16.2. The second kappa shape index (κ2) is 56.8. The van der Waals surface area contributed by atoms with Crippen LogP contribution in [0.3, 0.4) is 0 Å². The summed E-state index contributed by atoms with van der Waals surface area (Å²) in [5.74, 6) is -2.38. The summed E-state index contributed by atoms with van der Waals surface area (Å²) in [5, 5.41) is 11.8. The zero-order valence-electron chi connectivity index (χ0n) is 48.7. The van der Waals surface area contributed by atoms with Gasteiger partial charge in [0.2, 0.25) is 0 Å². The van der Waals surface area contributed by atoms with Crippen molar-refractivity contribution in [2.75, 3.05) is 47.5 Å². The number of hydrogen-bond donors (Lipinski definition) is 0. The number of carboxylic acid groups (broad SMARTS) is 1. The van der Waals surface area contributed by atoms with Gasteiger partial charge in [0.05, 0.1) is 40.3 Å². The van der Waals surface area contributed by atoms with Gasteiger partial charge in [-0.05, 0) is 128 Å². The molecule has 0 aromatic rings. The minimum atomic E-state index is -1.65. The molecule has 0 saturated heterocycles. The zero-order valence-corrected chi connectivity index (χ0v) is 48.7. The van der Waals surface area contributed by atoms with Crippen LogP contribution in [0.25, 0.3) is 0 Å². The quantitative estimate of drug-likeness (QED) is 0.0195. The monoisotopic (exact) mass is 1060 g/mol. The number of carbonyl (C=O) groups excluding carboxylic acids is 3. The second-order valence-corrected chi connectivity index (χ2v) is 19.8. The molecule has 430 valence electrons. The Hall–Kier alpha value is -5.35. The van der Waals surface area contributed by atoms with Crippen LogP contribution >= 0.6 is 0 Å². The maximum absolute atomic E-state index is 12.9. The number of hydrogen-bond acceptors (Lipinski definition) is 8. The summed E-state index contributed by atoms with van der Waals surface area (Å²) < 4.78 is 22.6. The van der Waals surface area contributed by atoms with Crippen LogP contribution in [0, 0.1) is 0 Å². The molecule has 0 aliphatic rings. The zero-order chi connectivity index (χ0) is 56.2. The average Bonchev–Trinajstić information content (AvgIpc) is 3.40. The summed E-state index contributed by atoms with van der Waals surface area (Å²) in [6, 6.07) is 0. The highest BCUT2D eigenvalue weighted by molar-refractivity contribution is 5.70. The van der Waals surface area contributed by atoms with Gasteiger partial charge in [-0.2, -0.15) is 0 Å². The summed E-state index contributed by atoms with van der Waals surface area (Å²) in [6.07, 6.45) is 82.5. The van der Waals surface area contributed by atoms with Crippen molar-refractivity contribution >= 4 is 17.9 Å². The van der Waals surface area contributed by atoms with E-state index in [9.17, 15) is 19.5 Å². The van der Waals surface area contributed by atoms with E-state index in [1.165, 1.54) is 0 Å². The van der Waals surface area contributed by atoms with E-state index in [1.54, 1.807) is 0 Å². The molecule has 9 heteroatoms. The molecule has 0 saturated carbocycles. The number of carbonyl (C=O) groups is 3. The van der Waals surface area contributed by atoms with E-state index in [2.05, 4.69) is 184 Å². The largest absolute Gasteiger partial charge is 0.545 e. The summed E-state index contributed by atoms with van der Waals surface area (Å²) in [5.41, 5.74) is 0. The third kappa shape index (κ3) is 58.2. The van der Waals surface area contributed by atoms with Crippen LogP contribution in [0.4, 0.5) is 0 Å². The number of esters is 2. The molecule has 0 spiro atoms. The molecule has 0 radical (unpaired) electrons. The molecule has 0 amide bonds. The van der Waals surface area contributed by atoms with Gasteiger partial charge in [-0.15, -0.1) is 0 Å². The topological polar surface area (TPSA) is 111 Å². The fraction of sp³-hybridized carbons (Fsp3) is 0.544. The van der Waals surface area contributed by atoms with Crippen LogP contribution in [0.1, 0.15) is 181 Å². The number of ether oxygens (including phenoxy) is 4. The lowest BCUT2D eigenvalue weighted by Gasteiger charge is -2.26. The fourth-order valence-corrected chi connectivity index (χ4v) is 7.02. The number of allylic oxidation sites excluding steroid dienone is 28. The molecule has 0 N–H and O–H groups in total. The molecular weight excluding hydrogens is 959 g/mol. The smallest absolute Gasteiger partial charge is 0.306 e. The Bertz CT molecular complexity index is 1860. The Balaban J connectivity index is 4.42. The lowest BCUT2D eigenvalue weighted by Crippen LogP contribution is -2.44. The Kier molecular flexibility index (Phi) is 52.9. The molecule has 0 aromatic carbocycles. The average molecular weight is 1060 g/mol. The van der Waals surface area contributed by atoms with Gasteiger partial charge in [0.1, 0.15) is 13.2 Å². The van der Waals surface area contributed by atoms with Crippen molar-refractivity contribution in [3.05, 3.63) is 170 Å². The van der Waals surface area contributed by atoms with Gasteiger partial charge in [0.15, 0.2) is 12.4 Å². The molecular formula is C68H105NO8. The van der Waals surface area contributed by atoms with Gasteiger partial charge in [0.25, 0.3) is 0 Å². The van der Waals surface area contributed by atoms with Crippen molar-refractivity contribution in [1.82, 2.24) is 0 Å². The van der Waals surface area contributed by atoms with Crippen LogP contribution in [-0.2, 0) is 33.3 Å². The van der Waals surface area contributed by atoms with Crippen LogP contribution in [0.15, 0.2) is 170 Å². The first kappa shape index (κ1) is 71.7.